The Labute approximate surface area is 182 Å². The third-order valence-electron chi connectivity index (χ3n) is 6.92. The van der Waals surface area contributed by atoms with Gasteiger partial charge in [-0.25, -0.2) is 8.78 Å². The van der Waals surface area contributed by atoms with Crippen molar-refractivity contribution in [2.75, 3.05) is 6.61 Å². The molecular formula is C25H33F5O. The minimum atomic E-state index is -4.61. The third kappa shape index (κ3) is 7.30. The Bertz CT molecular complexity index is 703. The van der Waals surface area contributed by atoms with Crippen LogP contribution in [0.5, 0.6) is 0 Å². The molecule has 2 fully saturated rings. The highest BCUT2D eigenvalue weighted by molar-refractivity contribution is 5.52. The smallest absolute Gasteiger partial charge is 0.378 e. The van der Waals surface area contributed by atoms with Gasteiger partial charge in [-0.15, -0.1) is 0 Å². The van der Waals surface area contributed by atoms with E-state index in [2.05, 4.69) is 6.92 Å². The number of allylic oxidation sites excluding steroid dienone is 1. The van der Waals surface area contributed by atoms with Crippen LogP contribution < -0.4 is 0 Å². The predicted octanol–water partition coefficient (Wildman–Crippen LogP) is 8.19. The van der Waals surface area contributed by atoms with Gasteiger partial charge in [0.1, 0.15) is 11.6 Å². The molecule has 0 aromatic heterocycles. The van der Waals surface area contributed by atoms with Gasteiger partial charge in [-0.05, 0) is 80.1 Å². The molecule has 0 bridgehead atoms. The van der Waals surface area contributed by atoms with Crippen molar-refractivity contribution >= 4 is 6.08 Å². The van der Waals surface area contributed by atoms with E-state index in [1.165, 1.54) is 50.7 Å². The van der Waals surface area contributed by atoms with Crippen LogP contribution in [0.25, 0.3) is 6.08 Å². The summed E-state index contributed by atoms with van der Waals surface area (Å²) in [6.07, 6.45) is 6.80. The number of halogens is 5. The molecule has 174 valence electrons. The lowest BCUT2D eigenvalue weighted by molar-refractivity contribution is -0.0790. The number of hydrogen-bond donors (Lipinski definition) is 0. The topological polar surface area (TPSA) is 9.23 Å². The van der Waals surface area contributed by atoms with Gasteiger partial charge in [0.05, 0.1) is 6.10 Å². The first-order valence-electron chi connectivity index (χ1n) is 11.6. The van der Waals surface area contributed by atoms with E-state index < -0.39 is 23.4 Å². The maximum absolute atomic E-state index is 14.2. The zero-order valence-electron chi connectivity index (χ0n) is 18.2. The van der Waals surface area contributed by atoms with Gasteiger partial charge in [-0.2, -0.15) is 13.2 Å². The highest BCUT2D eigenvalue weighted by Gasteiger charge is 2.27. The molecule has 0 heterocycles. The Hall–Kier alpha value is -1.43. The second-order valence-corrected chi connectivity index (χ2v) is 9.26. The van der Waals surface area contributed by atoms with Crippen molar-refractivity contribution in [3.63, 3.8) is 0 Å². The van der Waals surface area contributed by atoms with Crippen LogP contribution in [0, 0.1) is 23.5 Å². The van der Waals surface area contributed by atoms with Crippen molar-refractivity contribution in [1.29, 1.82) is 0 Å². The normalized spacial score (nSPS) is 27.7. The Morgan fingerprint density at radius 2 is 1.48 bits per heavy atom. The summed E-state index contributed by atoms with van der Waals surface area (Å²) in [7, 11) is 0. The molecule has 0 radical (unpaired) electrons. The molecule has 3 rings (SSSR count). The van der Waals surface area contributed by atoms with Crippen LogP contribution >= 0.6 is 0 Å². The van der Waals surface area contributed by atoms with E-state index in [-0.39, 0.29) is 18.1 Å². The highest BCUT2D eigenvalue weighted by atomic mass is 19.4. The summed E-state index contributed by atoms with van der Waals surface area (Å²) < 4.78 is 71.5. The van der Waals surface area contributed by atoms with Gasteiger partial charge in [0.2, 0.25) is 0 Å². The average Bonchev–Trinajstić information content (AvgIpc) is 2.72. The molecular weight excluding hydrogens is 411 g/mol. The van der Waals surface area contributed by atoms with E-state index in [4.69, 9.17) is 4.74 Å². The molecule has 0 spiro atoms. The maximum Gasteiger partial charge on any atom is 0.409 e. The number of hydrogen-bond acceptors (Lipinski definition) is 1. The minimum Gasteiger partial charge on any atom is -0.378 e. The van der Waals surface area contributed by atoms with E-state index in [0.717, 1.165) is 38.2 Å². The van der Waals surface area contributed by atoms with Crippen LogP contribution in [0.15, 0.2) is 18.2 Å². The van der Waals surface area contributed by atoms with Crippen LogP contribution in [0.1, 0.15) is 88.2 Å². The predicted molar refractivity (Wildman–Crippen MR) is 113 cm³/mol. The van der Waals surface area contributed by atoms with Crippen molar-refractivity contribution in [2.24, 2.45) is 11.8 Å². The fourth-order valence-electron chi connectivity index (χ4n) is 5.11. The van der Waals surface area contributed by atoms with E-state index >= 15 is 0 Å². The van der Waals surface area contributed by atoms with Gasteiger partial charge in [-0.1, -0.05) is 32.6 Å². The van der Waals surface area contributed by atoms with Gasteiger partial charge < -0.3 is 4.74 Å². The molecule has 6 heteroatoms. The second-order valence-electron chi connectivity index (χ2n) is 9.26. The largest absolute Gasteiger partial charge is 0.409 e. The molecule has 2 aliphatic rings. The Balaban J connectivity index is 1.47. The van der Waals surface area contributed by atoms with E-state index in [9.17, 15) is 22.0 Å². The number of benzene rings is 1. The van der Waals surface area contributed by atoms with Crippen molar-refractivity contribution < 1.29 is 26.7 Å². The Kier molecular flexibility index (Phi) is 8.54. The van der Waals surface area contributed by atoms with Crippen molar-refractivity contribution in [3.8, 4) is 0 Å². The molecule has 1 aromatic carbocycles. The molecule has 0 unspecified atom stereocenters. The average molecular weight is 445 g/mol. The monoisotopic (exact) mass is 444 g/mol. The maximum atomic E-state index is 14.2. The van der Waals surface area contributed by atoms with Gasteiger partial charge >= 0.3 is 6.18 Å². The summed E-state index contributed by atoms with van der Waals surface area (Å²) in [6.45, 7) is 3.05. The van der Waals surface area contributed by atoms with Crippen LogP contribution in [0.2, 0.25) is 0 Å². The summed E-state index contributed by atoms with van der Waals surface area (Å²) in [5.74, 6) is -0.367. The van der Waals surface area contributed by atoms with Crippen molar-refractivity contribution in [3.05, 3.63) is 41.0 Å². The van der Waals surface area contributed by atoms with E-state index in [1.807, 2.05) is 0 Å². The van der Waals surface area contributed by atoms with Gasteiger partial charge in [0.15, 0.2) is 0 Å². The van der Waals surface area contributed by atoms with Gasteiger partial charge in [-0.3, -0.25) is 0 Å². The van der Waals surface area contributed by atoms with Crippen LogP contribution in [0.4, 0.5) is 22.0 Å². The second kappa shape index (κ2) is 10.9. The molecule has 0 amide bonds. The summed E-state index contributed by atoms with van der Waals surface area (Å²) in [5, 5.41) is 0. The lowest BCUT2D eigenvalue weighted by Crippen LogP contribution is -2.25. The number of rotatable bonds is 7. The van der Waals surface area contributed by atoms with Crippen molar-refractivity contribution in [2.45, 2.75) is 89.3 Å². The zero-order valence-corrected chi connectivity index (χ0v) is 18.2. The standard InChI is InChI=1S/C25H33F5O/c1-2-3-17-4-6-18(7-5-17)16-31-21-10-8-19(9-11-21)20-14-23(26)22(24(27)15-20)12-13-25(28,29)30/h12-15,17-19,21H,2-11,16H2,1H3. The Morgan fingerprint density at radius 1 is 0.903 bits per heavy atom. The third-order valence-corrected chi connectivity index (χ3v) is 6.92. The first-order chi connectivity index (χ1) is 14.7. The SMILES string of the molecule is CCCC1CCC(COC2CCC(c3cc(F)c(C=CC(F)(F)F)c(F)c3)CC2)CC1. The lowest BCUT2D eigenvalue weighted by atomic mass is 9.80. The van der Waals surface area contributed by atoms with Crippen LogP contribution in [-0.4, -0.2) is 18.9 Å². The molecule has 0 N–H and O–H groups in total. The quantitative estimate of drug-likeness (QED) is 0.385. The van der Waals surface area contributed by atoms with E-state index in [1.54, 1.807) is 0 Å². The summed E-state index contributed by atoms with van der Waals surface area (Å²) in [4.78, 5) is 0. The summed E-state index contributed by atoms with van der Waals surface area (Å²) in [5.41, 5.74) is -0.126. The molecule has 2 saturated carbocycles. The number of alkyl halides is 3. The lowest BCUT2D eigenvalue weighted by Gasteiger charge is -2.32. The fourth-order valence-corrected chi connectivity index (χ4v) is 5.11. The van der Waals surface area contributed by atoms with Gasteiger partial charge in [0.25, 0.3) is 0 Å². The van der Waals surface area contributed by atoms with Crippen LogP contribution in [0.3, 0.4) is 0 Å². The molecule has 0 saturated heterocycles. The zero-order chi connectivity index (χ0) is 22.4. The first-order valence-corrected chi connectivity index (χ1v) is 11.6. The molecule has 1 aromatic rings. The summed E-state index contributed by atoms with van der Waals surface area (Å²) in [6, 6.07) is 2.36. The van der Waals surface area contributed by atoms with Crippen LogP contribution in [-0.2, 0) is 4.74 Å². The molecule has 31 heavy (non-hydrogen) atoms. The van der Waals surface area contributed by atoms with E-state index in [0.29, 0.717) is 17.6 Å². The highest BCUT2D eigenvalue weighted by Crippen LogP contribution is 2.37. The molecule has 2 aliphatic carbocycles. The fraction of sp³-hybridized carbons (Fsp3) is 0.680. The molecule has 1 nitrogen and oxygen atoms in total. The molecule has 0 aliphatic heterocycles. The molecule has 0 atom stereocenters. The Morgan fingerprint density at radius 3 is 2.03 bits per heavy atom. The van der Waals surface area contributed by atoms with Crippen molar-refractivity contribution in [1.82, 2.24) is 0 Å². The number of ether oxygens (including phenoxy) is 1. The van der Waals surface area contributed by atoms with Gasteiger partial charge in [0, 0.05) is 18.2 Å². The minimum absolute atomic E-state index is 0.00831. The summed E-state index contributed by atoms with van der Waals surface area (Å²) >= 11 is 0. The first kappa shape index (κ1) is 24.2.